The van der Waals surface area contributed by atoms with Gasteiger partial charge in [0.1, 0.15) is 5.00 Å². The van der Waals surface area contributed by atoms with E-state index in [0.717, 1.165) is 0 Å². The maximum absolute atomic E-state index is 5.88. The minimum absolute atomic E-state index is 0.370. The van der Waals surface area contributed by atoms with E-state index in [1.807, 2.05) is 19.3 Å². The molecule has 1 aliphatic rings. The number of rotatable bonds is 1. The van der Waals surface area contributed by atoms with Gasteiger partial charge in [-0.3, -0.25) is 0 Å². The zero-order valence-corrected chi connectivity index (χ0v) is 6.58. The zero-order valence-electron chi connectivity index (χ0n) is 5.06. The Balaban J connectivity index is 2.57. The quantitative estimate of drug-likeness (QED) is 0.465. The Bertz CT molecular complexity index is 137. The van der Waals surface area contributed by atoms with Crippen LogP contribution in [-0.2, 0) is 0 Å². The van der Waals surface area contributed by atoms with E-state index in [-0.39, 0.29) is 0 Å². The molecule has 4 heteroatoms. The van der Waals surface area contributed by atoms with Gasteiger partial charge in [-0.1, -0.05) is 11.6 Å². The number of hydrogen-bond donors (Lipinski definition) is 1. The second kappa shape index (κ2) is 2.37. The van der Waals surface area contributed by atoms with Crippen molar-refractivity contribution in [2.45, 2.75) is 5.00 Å². The molecule has 52 valence electrons. The molecule has 1 atom stereocenters. The molecule has 1 rings (SSSR count). The molecular formula is C5H8Cl2N2. The van der Waals surface area contributed by atoms with Gasteiger partial charge in [0.15, 0.2) is 0 Å². The molecule has 0 aromatic carbocycles. The van der Waals surface area contributed by atoms with E-state index in [4.69, 9.17) is 23.2 Å². The molecule has 2 nitrogen and oxygen atoms in total. The summed E-state index contributed by atoms with van der Waals surface area (Å²) in [7, 11) is 1.87. The van der Waals surface area contributed by atoms with Gasteiger partial charge in [0.05, 0.1) is 5.88 Å². The Hall–Kier alpha value is 0.0800. The molecule has 0 radical (unpaired) electrons. The first-order valence-electron chi connectivity index (χ1n) is 2.61. The highest BCUT2D eigenvalue weighted by Crippen LogP contribution is 2.19. The lowest BCUT2D eigenvalue weighted by molar-refractivity contribution is 0.322. The monoisotopic (exact) mass is 166 g/mol. The largest absolute Gasteiger partial charge is 0.317 e. The maximum Gasteiger partial charge on any atom is 0.144 e. The van der Waals surface area contributed by atoms with Crippen molar-refractivity contribution >= 4 is 23.2 Å². The fraction of sp³-hybridized carbons (Fsp3) is 0.600. The molecule has 0 bridgehead atoms. The minimum atomic E-state index is -0.559. The average Bonchev–Trinajstić information content (AvgIpc) is 2.13. The van der Waals surface area contributed by atoms with E-state index in [9.17, 15) is 0 Å². The van der Waals surface area contributed by atoms with Crippen molar-refractivity contribution < 1.29 is 0 Å². The molecule has 0 saturated carbocycles. The molecule has 1 heterocycles. The van der Waals surface area contributed by atoms with Gasteiger partial charge in [-0.05, 0) is 6.08 Å². The molecule has 0 aliphatic carbocycles. The van der Waals surface area contributed by atoms with Crippen LogP contribution in [0.4, 0.5) is 0 Å². The van der Waals surface area contributed by atoms with Crippen LogP contribution < -0.4 is 5.43 Å². The van der Waals surface area contributed by atoms with E-state index < -0.39 is 5.00 Å². The predicted octanol–water partition coefficient (Wildman–Crippen LogP) is 1.12. The van der Waals surface area contributed by atoms with Crippen molar-refractivity contribution in [1.29, 1.82) is 0 Å². The Morgan fingerprint density at radius 1 is 1.78 bits per heavy atom. The lowest BCUT2D eigenvalue weighted by Crippen LogP contribution is -2.41. The number of hydrogen-bond acceptors (Lipinski definition) is 2. The van der Waals surface area contributed by atoms with Crippen molar-refractivity contribution in [3.05, 3.63) is 12.3 Å². The Labute approximate surface area is 64.4 Å². The first-order chi connectivity index (χ1) is 4.16. The lowest BCUT2D eigenvalue weighted by Gasteiger charge is -2.19. The van der Waals surface area contributed by atoms with Gasteiger partial charge in [0.25, 0.3) is 0 Å². The molecule has 0 spiro atoms. The van der Waals surface area contributed by atoms with Crippen LogP contribution in [-0.4, -0.2) is 22.9 Å². The molecule has 1 unspecified atom stereocenters. The molecule has 0 aromatic rings. The normalized spacial score (nSPS) is 33.9. The smallest absolute Gasteiger partial charge is 0.144 e. The van der Waals surface area contributed by atoms with E-state index in [2.05, 4.69) is 5.43 Å². The van der Waals surface area contributed by atoms with Crippen LogP contribution in [0.25, 0.3) is 0 Å². The molecule has 0 saturated heterocycles. The summed E-state index contributed by atoms with van der Waals surface area (Å²) in [5.74, 6) is 0.370. The molecule has 0 amide bonds. The Morgan fingerprint density at radius 3 is 2.67 bits per heavy atom. The maximum atomic E-state index is 5.88. The summed E-state index contributed by atoms with van der Waals surface area (Å²) < 4.78 is 0. The van der Waals surface area contributed by atoms with Gasteiger partial charge < -0.3 is 5.01 Å². The van der Waals surface area contributed by atoms with Crippen molar-refractivity contribution in [2.75, 3.05) is 12.9 Å². The average molecular weight is 167 g/mol. The number of nitrogens with zero attached hydrogens (tertiary/aromatic N) is 1. The molecular weight excluding hydrogens is 159 g/mol. The Kier molecular flexibility index (Phi) is 1.89. The summed E-state index contributed by atoms with van der Waals surface area (Å²) in [6.07, 6.45) is 3.66. The number of hydrazine groups is 1. The fourth-order valence-corrected chi connectivity index (χ4v) is 1.01. The molecule has 1 aliphatic heterocycles. The number of halogens is 2. The summed E-state index contributed by atoms with van der Waals surface area (Å²) in [6, 6.07) is 0. The summed E-state index contributed by atoms with van der Waals surface area (Å²) in [4.78, 5) is -0.559. The van der Waals surface area contributed by atoms with Crippen LogP contribution >= 0.6 is 23.2 Å². The van der Waals surface area contributed by atoms with E-state index in [1.165, 1.54) is 0 Å². The third-order valence-electron chi connectivity index (χ3n) is 1.12. The predicted molar refractivity (Wildman–Crippen MR) is 39.3 cm³/mol. The fourth-order valence-electron chi connectivity index (χ4n) is 0.672. The van der Waals surface area contributed by atoms with Crippen LogP contribution in [0.3, 0.4) is 0 Å². The van der Waals surface area contributed by atoms with Gasteiger partial charge in [-0.15, -0.1) is 11.6 Å². The van der Waals surface area contributed by atoms with Gasteiger partial charge in [-0.2, -0.15) is 0 Å². The van der Waals surface area contributed by atoms with Crippen LogP contribution in [0, 0.1) is 0 Å². The zero-order chi connectivity index (χ0) is 6.91. The first kappa shape index (κ1) is 7.19. The van der Waals surface area contributed by atoms with Gasteiger partial charge in [0, 0.05) is 13.2 Å². The third kappa shape index (κ3) is 1.51. The second-order valence-electron chi connectivity index (χ2n) is 2.03. The summed E-state index contributed by atoms with van der Waals surface area (Å²) in [6.45, 7) is 0. The molecule has 9 heavy (non-hydrogen) atoms. The van der Waals surface area contributed by atoms with Gasteiger partial charge in [0.2, 0.25) is 0 Å². The van der Waals surface area contributed by atoms with Crippen LogP contribution in [0.1, 0.15) is 0 Å². The highest BCUT2D eigenvalue weighted by molar-refractivity contribution is 6.31. The first-order valence-corrected chi connectivity index (χ1v) is 3.52. The van der Waals surface area contributed by atoms with Gasteiger partial charge in [-0.25, -0.2) is 5.43 Å². The highest BCUT2D eigenvalue weighted by atomic mass is 35.5. The van der Waals surface area contributed by atoms with E-state index >= 15 is 0 Å². The van der Waals surface area contributed by atoms with Crippen molar-refractivity contribution in [3.63, 3.8) is 0 Å². The van der Waals surface area contributed by atoms with Crippen molar-refractivity contribution in [2.24, 2.45) is 0 Å². The summed E-state index contributed by atoms with van der Waals surface area (Å²) in [5.41, 5.74) is 2.94. The van der Waals surface area contributed by atoms with Crippen molar-refractivity contribution in [3.8, 4) is 0 Å². The van der Waals surface area contributed by atoms with E-state index in [1.54, 1.807) is 5.01 Å². The highest BCUT2D eigenvalue weighted by Gasteiger charge is 2.27. The Morgan fingerprint density at radius 2 is 2.44 bits per heavy atom. The van der Waals surface area contributed by atoms with Crippen LogP contribution in [0.5, 0.6) is 0 Å². The lowest BCUT2D eigenvalue weighted by atomic mass is 10.3. The SMILES string of the molecule is CN1C=CC(Cl)(CCl)N1. The molecule has 0 aromatic heterocycles. The van der Waals surface area contributed by atoms with Crippen LogP contribution in [0.2, 0.25) is 0 Å². The van der Waals surface area contributed by atoms with Crippen LogP contribution in [0.15, 0.2) is 12.3 Å². The number of nitrogens with one attached hydrogen (secondary N) is 1. The topological polar surface area (TPSA) is 15.3 Å². The van der Waals surface area contributed by atoms with Crippen molar-refractivity contribution in [1.82, 2.24) is 10.4 Å². The van der Waals surface area contributed by atoms with E-state index in [0.29, 0.717) is 5.88 Å². The standard InChI is InChI=1S/C5H8Cl2N2/c1-9-3-2-5(7,4-6)8-9/h2-3,8H,4H2,1H3. The third-order valence-corrected chi connectivity index (χ3v) is 2.02. The minimum Gasteiger partial charge on any atom is -0.317 e. The number of alkyl halides is 2. The molecule has 1 N–H and O–H groups in total. The molecule has 0 fully saturated rings. The second-order valence-corrected chi connectivity index (χ2v) is 2.98. The summed E-state index contributed by atoms with van der Waals surface area (Å²) in [5, 5.41) is 1.77. The van der Waals surface area contributed by atoms with Gasteiger partial charge >= 0.3 is 0 Å². The summed E-state index contributed by atoms with van der Waals surface area (Å²) >= 11 is 11.4.